The average Bonchev–Trinajstić information content (AvgIpc) is 3.11. The first-order chi connectivity index (χ1) is 12.2. The molecular weight excluding hydrogens is 330 g/mol. The Morgan fingerprint density at radius 3 is 2.52 bits per heavy atom. The summed E-state index contributed by atoms with van der Waals surface area (Å²) in [4.78, 5) is 16.7. The highest BCUT2D eigenvalue weighted by atomic mass is 32.1. The lowest BCUT2D eigenvalue weighted by Gasteiger charge is -2.02. The van der Waals surface area contributed by atoms with Crippen LogP contribution in [0.3, 0.4) is 0 Å². The predicted octanol–water partition coefficient (Wildman–Crippen LogP) is 4.89. The summed E-state index contributed by atoms with van der Waals surface area (Å²) in [6.45, 7) is 2.16. The maximum absolute atomic E-state index is 12.2. The van der Waals surface area contributed by atoms with Crippen molar-refractivity contribution in [3.8, 4) is 17.3 Å². The van der Waals surface area contributed by atoms with Gasteiger partial charge in [0, 0.05) is 16.5 Å². The molecule has 0 unspecified atom stereocenters. The quantitative estimate of drug-likeness (QED) is 0.715. The fraction of sp³-hybridized carbons (Fsp3) is 0.150. The molecule has 1 amide bonds. The van der Waals surface area contributed by atoms with Gasteiger partial charge < -0.3 is 0 Å². The van der Waals surface area contributed by atoms with Gasteiger partial charge in [-0.2, -0.15) is 5.26 Å². The van der Waals surface area contributed by atoms with E-state index in [0.717, 1.165) is 24.1 Å². The molecule has 0 spiro atoms. The normalized spacial score (nSPS) is 10.2. The van der Waals surface area contributed by atoms with Gasteiger partial charge in [-0.3, -0.25) is 10.1 Å². The van der Waals surface area contributed by atoms with Gasteiger partial charge in [0.15, 0.2) is 5.13 Å². The number of carbonyl (C=O) groups is 1. The third-order valence-electron chi connectivity index (χ3n) is 3.79. The van der Waals surface area contributed by atoms with Crippen LogP contribution in [0.5, 0.6) is 0 Å². The first-order valence-corrected chi connectivity index (χ1v) is 8.94. The Labute approximate surface area is 150 Å². The van der Waals surface area contributed by atoms with Crippen molar-refractivity contribution in [2.24, 2.45) is 0 Å². The Hall–Kier alpha value is -2.97. The van der Waals surface area contributed by atoms with Crippen LogP contribution >= 0.6 is 11.3 Å². The van der Waals surface area contributed by atoms with Gasteiger partial charge in [-0.15, -0.1) is 11.3 Å². The van der Waals surface area contributed by atoms with Crippen molar-refractivity contribution in [1.29, 1.82) is 5.26 Å². The zero-order valence-electron chi connectivity index (χ0n) is 13.8. The van der Waals surface area contributed by atoms with Crippen LogP contribution in [0.1, 0.15) is 34.8 Å². The summed E-state index contributed by atoms with van der Waals surface area (Å²) in [6, 6.07) is 16.9. The van der Waals surface area contributed by atoms with Gasteiger partial charge >= 0.3 is 0 Å². The molecule has 0 aliphatic heterocycles. The lowest BCUT2D eigenvalue weighted by Crippen LogP contribution is -2.11. The van der Waals surface area contributed by atoms with Crippen LogP contribution in [0, 0.1) is 11.3 Å². The van der Waals surface area contributed by atoms with Crippen LogP contribution in [-0.2, 0) is 6.42 Å². The Balaban J connectivity index is 1.70. The number of benzene rings is 2. The third-order valence-corrected chi connectivity index (χ3v) is 4.55. The predicted molar refractivity (Wildman–Crippen MR) is 101 cm³/mol. The number of aromatic nitrogens is 1. The van der Waals surface area contributed by atoms with Gasteiger partial charge in [0.1, 0.15) is 0 Å². The van der Waals surface area contributed by atoms with Gasteiger partial charge in [-0.05, 0) is 36.2 Å². The van der Waals surface area contributed by atoms with Crippen molar-refractivity contribution in [2.45, 2.75) is 19.8 Å². The van der Waals surface area contributed by atoms with Crippen LogP contribution in [-0.4, -0.2) is 10.9 Å². The molecule has 1 N–H and O–H groups in total. The molecule has 0 saturated carbocycles. The topological polar surface area (TPSA) is 65.8 Å². The van der Waals surface area contributed by atoms with Gasteiger partial charge in [0.2, 0.25) is 0 Å². The van der Waals surface area contributed by atoms with Crippen LogP contribution in [0.2, 0.25) is 0 Å². The highest BCUT2D eigenvalue weighted by molar-refractivity contribution is 7.14. The first-order valence-electron chi connectivity index (χ1n) is 8.06. The van der Waals surface area contributed by atoms with Crippen molar-refractivity contribution < 1.29 is 4.79 Å². The molecule has 0 saturated heterocycles. The number of hydrogen-bond donors (Lipinski definition) is 1. The second kappa shape index (κ2) is 7.73. The fourth-order valence-corrected chi connectivity index (χ4v) is 3.17. The number of nitriles is 1. The van der Waals surface area contributed by atoms with E-state index < -0.39 is 0 Å². The van der Waals surface area contributed by atoms with Crippen molar-refractivity contribution in [2.75, 3.05) is 5.32 Å². The molecular formula is C20H17N3OS. The second-order valence-corrected chi connectivity index (χ2v) is 6.49. The van der Waals surface area contributed by atoms with Crippen molar-refractivity contribution >= 4 is 22.4 Å². The Bertz CT molecular complexity index is 905. The summed E-state index contributed by atoms with van der Waals surface area (Å²) in [5.41, 5.74) is 4.23. The first kappa shape index (κ1) is 16.9. The number of amides is 1. The summed E-state index contributed by atoms with van der Waals surface area (Å²) < 4.78 is 0. The second-order valence-electron chi connectivity index (χ2n) is 5.63. The van der Waals surface area contributed by atoms with E-state index in [1.54, 1.807) is 24.3 Å². The van der Waals surface area contributed by atoms with Gasteiger partial charge in [-0.1, -0.05) is 37.6 Å². The maximum Gasteiger partial charge on any atom is 0.257 e. The summed E-state index contributed by atoms with van der Waals surface area (Å²) in [7, 11) is 0. The molecule has 3 rings (SSSR count). The van der Waals surface area contributed by atoms with E-state index >= 15 is 0 Å². The number of carbonyl (C=O) groups excluding carboxylic acids is 1. The number of hydrogen-bond acceptors (Lipinski definition) is 4. The van der Waals surface area contributed by atoms with E-state index in [2.05, 4.69) is 41.5 Å². The molecule has 3 aromatic rings. The smallest absolute Gasteiger partial charge is 0.257 e. The Morgan fingerprint density at radius 1 is 1.16 bits per heavy atom. The molecule has 0 aliphatic rings. The summed E-state index contributed by atoms with van der Waals surface area (Å²) >= 11 is 1.39. The fourth-order valence-electron chi connectivity index (χ4n) is 2.46. The number of aryl methyl sites for hydroxylation is 1. The third kappa shape index (κ3) is 4.11. The lowest BCUT2D eigenvalue weighted by atomic mass is 10.1. The minimum atomic E-state index is -0.233. The lowest BCUT2D eigenvalue weighted by molar-refractivity contribution is 0.102. The molecule has 0 radical (unpaired) electrons. The van der Waals surface area contributed by atoms with Crippen molar-refractivity contribution in [1.82, 2.24) is 4.98 Å². The molecule has 1 aromatic heterocycles. The van der Waals surface area contributed by atoms with E-state index in [-0.39, 0.29) is 5.91 Å². The largest absolute Gasteiger partial charge is 0.298 e. The number of rotatable bonds is 5. The van der Waals surface area contributed by atoms with Crippen LogP contribution in [0.4, 0.5) is 5.13 Å². The molecule has 124 valence electrons. The van der Waals surface area contributed by atoms with Crippen LogP contribution in [0.15, 0.2) is 53.9 Å². The number of nitrogens with one attached hydrogen (secondary N) is 1. The van der Waals surface area contributed by atoms with E-state index in [1.165, 1.54) is 16.9 Å². The molecule has 2 aromatic carbocycles. The average molecular weight is 347 g/mol. The zero-order chi connectivity index (χ0) is 17.6. The highest BCUT2D eigenvalue weighted by Crippen LogP contribution is 2.25. The van der Waals surface area contributed by atoms with E-state index in [9.17, 15) is 4.79 Å². The van der Waals surface area contributed by atoms with Crippen LogP contribution in [0.25, 0.3) is 11.3 Å². The van der Waals surface area contributed by atoms with Crippen molar-refractivity contribution in [3.05, 3.63) is 70.6 Å². The monoisotopic (exact) mass is 347 g/mol. The minimum Gasteiger partial charge on any atom is -0.298 e. The van der Waals surface area contributed by atoms with Gasteiger partial charge in [0.25, 0.3) is 5.91 Å². The molecule has 1 heterocycles. The van der Waals surface area contributed by atoms with Gasteiger partial charge in [-0.25, -0.2) is 4.98 Å². The molecule has 0 bridgehead atoms. The zero-order valence-corrected chi connectivity index (χ0v) is 14.6. The Morgan fingerprint density at radius 2 is 1.88 bits per heavy atom. The van der Waals surface area contributed by atoms with E-state index in [1.807, 2.05) is 11.4 Å². The number of nitrogens with zero attached hydrogens (tertiary/aromatic N) is 2. The standard InChI is InChI=1S/C20H17N3OS/c1-2-3-14-4-8-16(9-5-14)18-13-25-20(22-18)23-19(24)17-10-6-15(12-21)7-11-17/h4-11,13H,2-3H2,1H3,(H,22,23,24). The summed E-state index contributed by atoms with van der Waals surface area (Å²) in [5, 5.41) is 14.1. The Kier molecular flexibility index (Phi) is 5.22. The minimum absolute atomic E-state index is 0.233. The molecule has 4 nitrogen and oxygen atoms in total. The summed E-state index contributed by atoms with van der Waals surface area (Å²) in [5.74, 6) is -0.233. The van der Waals surface area contributed by atoms with Gasteiger partial charge in [0.05, 0.1) is 17.3 Å². The maximum atomic E-state index is 12.2. The molecule has 5 heteroatoms. The molecule has 25 heavy (non-hydrogen) atoms. The number of anilines is 1. The highest BCUT2D eigenvalue weighted by Gasteiger charge is 2.10. The molecule has 0 atom stereocenters. The summed E-state index contributed by atoms with van der Waals surface area (Å²) in [6.07, 6.45) is 2.20. The molecule has 0 fully saturated rings. The number of thiazole rings is 1. The van der Waals surface area contributed by atoms with E-state index in [0.29, 0.717) is 16.3 Å². The van der Waals surface area contributed by atoms with E-state index in [4.69, 9.17) is 5.26 Å². The SMILES string of the molecule is CCCc1ccc(-c2csc(NC(=O)c3ccc(C#N)cc3)n2)cc1. The molecule has 0 aliphatic carbocycles. The van der Waals surface area contributed by atoms with Crippen LogP contribution < -0.4 is 5.32 Å². The van der Waals surface area contributed by atoms with Crippen molar-refractivity contribution in [3.63, 3.8) is 0 Å².